The summed E-state index contributed by atoms with van der Waals surface area (Å²) < 4.78 is 27.5. The second-order valence-corrected chi connectivity index (χ2v) is 7.82. The number of nitrogens with zero attached hydrogens (tertiary/aromatic N) is 2. The molecule has 0 aliphatic carbocycles. The standard InChI is InChI=1S/C26H26ClN3O6/c1-4-33-23-15-18(13-19(16-28)26(31)29-24-12-17(2)36-30-24)14-20(27)25(23)35-11-7-10-34-22-9-6-5-8-21(22)32-3/h5-6,8-9,12-15H,4,7,10-11H2,1-3H3,(H,29,30,31). The quantitative estimate of drug-likeness (QED) is 0.194. The number of halogens is 1. The second kappa shape index (κ2) is 13.1. The Morgan fingerprint density at radius 3 is 2.56 bits per heavy atom. The van der Waals surface area contributed by atoms with Crippen molar-refractivity contribution in [2.24, 2.45) is 0 Å². The smallest absolute Gasteiger partial charge is 0.267 e. The molecule has 0 radical (unpaired) electrons. The van der Waals surface area contributed by atoms with E-state index >= 15 is 0 Å². The van der Waals surface area contributed by atoms with Crippen LogP contribution < -0.4 is 24.3 Å². The van der Waals surface area contributed by atoms with Crippen LogP contribution in [0.4, 0.5) is 5.82 Å². The number of hydrogen-bond acceptors (Lipinski definition) is 8. The molecule has 1 N–H and O–H groups in total. The van der Waals surface area contributed by atoms with Crippen molar-refractivity contribution in [1.29, 1.82) is 5.26 Å². The molecule has 0 aliphatic heterocycles. The van der Waals surface area contributed by atoms with E-state index < -0.39 is 5.91 Å². The fourth-order valence-corrected chi connectivity index (χ4v) is 3.43. The number of rotatable bonds is 12. The third kappa shape index (κ3) is 7.17. The van der Waals surface area contributed by atoms with E-state index in [4.69, 9.17) is 35.1 Å². The molecule has 0 atom stereocenters. The van der Waals surface area contributed by atoms with Gasteiger partial charge in [0.2, 0.25) is 0 Å². The second-order valence-electron chi connectivity index (χ2n) is 7.41. The van der Waals surface area contributed by atoms with Crippen LogP contribution >= 0.6 is 11.6 Å². The van der Waals surface area contributed by atoms with Crippen molar-refractivity contribution >= 4 is 29.4 Å². The lowest BCUT2D eigenvalue weighted by atomic mass is 10.1. The molecule has 0 saturated carbocycles. The molecule has 3 aromatic rings. The third-order valence-electron chi connectivity index (χ3n) is 4.74. The normalized spacial score (nSPS) is 10.9. The highest BCUT2D eigenvalue weighted by Crippen LogP contribution is 2.37. The van der Waals surface area contributed by atoms with Crippen LogP contribution in [-0.2, 0) is 4.79 Å². The minimum atomic E-state index is -0.629. The number of ether oxygens (including phenoxy) is 4. The van der Waals surface area contributed by atoms with Gasteiger partial charge >= 0.3 is 0 Å². The summed E-state index contributed by atoms with van der Waals surface area (Å²) in [5.41, 5.74) is 0.356. The van der Waals surface area contributed by atoms with Gasteiger partial charge in [-0.2, -0.15) is 5.26 Å². The molecule has 0 bridgehead atoms. The number of benzene rings is 2. The number of amides is 1. The monoisotopic (exact) mass is 511 g/mol. The predicted octanol–water partition coefficient (Wildman–Crippen LogP) is 5.44. The number of aryl methyl sites for hydroxylation is 1. The molecule has 2 aromatic carbocycles. The van der Waals surface area contributed by atoms with Gasteiger partial charge in [0.25, 0.3) is 5.91 Å². The maximum absolute atomic E-state index is 12.5. The van der Waals surface area contributed by atoms with Crippen LogP contribution in [-0.4, -0.2) is 38.0 Å². The van der Waals surface area contributed by atoms with Crippen molar-refractivity contribution in [1.82, 2.24) is 5.16 Å². The van der Waals surface area contributed by atoms with Crippen molar-refractivity contribution in [3.05, 3.63) is 64.4 Å². The maximum atomic E-state index is 12.5. The summed E-state index contributed by atoms with van der Waals surface area (Å²) >= 11 is 6.47. The van der Waals surface area contributed by atoms with Crippen LogP contribution in [0.3, 0.4) is 0 Å². The minimum Gasteiger partial charge on any atom is -0.493 e. The number of carbonyl (C=O) groups excluding carboxylic acids is 1. The van der Waals surface area contributed by atoms with Gasteiger partial charge in [-0.25, -0.2) is 0 Å². The zero-order chi connectivity index (χ0) is 25.9. The van der Waals surface area contributed by atoms with E-state index in [9.17, 15) is 10.1 Å². The Balaban J connectivity index is 1.66. The molecule has 0 aliphatic rings. The molecule has 1 heterocycles. The van der Waals surface area contributed by atoms with Gasteiger partial charge in [0.05, 0.1) is 32.0 Å². The summed E-state index contributed by atoms with van der Waals surface area (Å²) in [6.07, 6.45) is 1.99. The van der Waals surface area contributed by atoms with Gasteiger partial charge < -0.3 is 28.8 Å². The molecule has 9 nitrogen and oxygen atoms in total. The Labute approximate surface area is 214 Å². The Morgan fingerprint density at radius 2 is 1.89 bits per heavy atom. The first kappa shape index (κ1) is 26.4. The molecule has 0 fully saturated rings. The highest BCUT2D eigenvalue weighted by molar-refractivity contribution is 6.32. The van der Waals surface area contributed by atoms with Gasteiger partial charge in [-0.15, -0.1) is 0 Å². The van der Waals surface area contributed by atoms with Gasteiger partial charge in [0, 0.05) is 12.5 Å². The molecule has 0 spiro atoms. The summed E-state index contributed by atoms with van der Waals surface area (Å²) in [5.74, 6) is 2.19. The van der Waals surface area contributed by atoms with Crippen molar-refractivity contribution in [3.8, 4) is 29.1 Å². The number of nitrogens with one attached hydrogen (secondary N) is 1. The molecule has 0 saturated heterocycles. The maximum Gasteiger partial charge on any atom is 0.267 e. The van der Waals surface area contributed by atoms with Crippen LogP contribution in [0.1, 0.15) is 24.7 Å². The first-order chi connectivity index (χ1) is 17.4. The van der Waals surface area contributed by atoms with E-state index in [0.717, 1.165) is 0 Å². The lowest BCUT2D eigenvalue weighted by Gasteiger charge is -2.15. The highest BCUT2D eigenvalue weighted by atomic mass is 35.5. The first-order valence-electron chi connectivity index (χ1n) is 11.2. The molecular weight excluding hydrogens is 486 g/mol. The molecule has 36 heavy (non-hydrogen) atoms. The number of methoxy groups -OCH3 is 1. The lowest BCUT2D eigenvalue weighted by molar-refractivity contribution is -0.112. The van der Waals surface area contributed by atoms with Crippen molar-refractivity contribution < 1.29 is 28.3 Å². The zero-order valence-electron chi connectivity index (χ0n) is 20.2. The average molecular weight is 512 g/mol. The molecule has 10 heteroatoms. The van der Waals surface area contributed by atoms with Crippen molar-refractivity contribution in [2.75, 3.05) is 32.2 Å². The van der Waals surface area contributed by atoms with Gasteiger partial charge in [-0.3, -0.25) is 4.79 Å². The van der Waals surface area contributed by atoms with Crippen LogP contribution in [0.15, 0.2) is 52.6 Å². The van der Waals surface area contributed by atoms with E-state index in [1.807, 2.05) is 37.3 Å². The van der Waals surface area contributed by atoms with E-state index in [1.165, 1.54) is 6.08 Å². The average Bonchev–Trinajstić information content (AvgIpc) is 3.28. The lowest BCUT2D eigenvalue weighted by Crippen LogP contribution is -2.13. The van der Waals surface area contributed by atoms with Crippen molar-refractivity contribution in [3.63, 3.8) is 0 Å². The molecule has 3 rings (SSSR count). The Hall–Kier alpha value is -4.16. The van der Waals surface area contributed by atoms with Gasteiger partial charge in [0.15, 0.2) is 28.8 Å². The van der Waals surface area contributed by atoms with E-state index in [0.29, 0.717) is 60.6 Å². The van der Waals surface area contributed by atoms with Gasteiger partial charge in [0.1, 0.15) is 17.4 Å². The summed E-state index contributed by atoms with van der Waals surface area (Å²) in [6.45, 7) is 4.63. The van der Waals surface area contributed by atoms with Crippen LogP contribution in [0.25, 0.3) is 6.08 Å². The fraction of sp³-hybridized carbons (Fsp3) is 0.269. The summed E-state index contributed by atoms with van der Waals surface area (Å²) in [5, 5.41) is 16.0. The molecule has 188 valence electrons. The molecule has 1 amide bonds. The largest absolute Gasteiger partial charge is 0.493 e. The SMILES string of the molecule is CCOc1cc(C=C(C#N)C(=O)Nc2cc(C)on2)cc(Cl)c1OCCCOc1ccccc1OC. The number of aromatic nitrogens is 1. The predicted molar refractivity (Wildman–Crippen MR) is 135 cm³/mol. The third-order valence-corrected chi connectivity index (χ3v) is 5.02. The number of hydrogen-bond donors (Lipinski definition) is 1. The van der Waals surface area contributed by atoms with E-state index in [-0.39, 0.29) is 16.4 Å². The Bertz CT molecular complexity index is 1260. The first-order valence-corrected chi connectivity index (χ1v) is 11.5. The highest BCUT2D eigenvalue weighted by Gasteiger charge is 2.16. The number of anilines is 1. The molecule has 1 aromatic heterocycles. The van der Waals surface area contributed by atoms with Crippen LogP contribution in [0, 0.1) is 18.3 Å². The summed E-state index contributed by atoms with van der Waals surface area (Å²) in [6, 6.07) is 14.1. The number of carbonyl (C=O) groups is 1. The van der Waals surface area contributed by atoms with Crippen LogP contribution in [0.5, 0.6) is 23.0 Å². The Kier molecular flexibility index (Phi) is 9.60. The fourth-order valence-electron chi connectivity index (χ4n) is 3.15. The van der Waals surface area contributed by atoms with Crippen LogP contribution in [0.2, 0.25) is 5.02 Å². The minimum absolute atomic E-state index is 0.142. The van der Waals surface area contributed by atoms with E-state index in [2.05, 4.69) is 10.5 Å². The number of para-hydroxylation sites is 2. The Morgan fingerprint density at radius 1 is 1.14 bits per heavy atom. The van der Waals surface area contributed by atoms with Gasteiger partial charge in [-0.1, -0.05) is 28.9 Å². The number of nitriles is 1. The zero-order valence-corrected chi connectivity index (χ0v) is 20.9. The molecular formula is C26H26ClN3O6. The van der Waals surface area contributed by atoms with Crippen molar-refractivity contribution in [2.45, 2.75) is 20.3 Å². The topological polar surface area (TPSA) is 116 Å². The summed E-state index contributed by atoms with van der Waals surface area (Å²) in [4.78, 5) is 12.5. The molecule has 0 unspecified atom stereocenters. The summed E-state index contributed by atoms with van der Waals surface area (Å²) in [7, 11) is 1.59. The van der Waals surface area contributed by atoms with Gasteiger partial charge in [-0.05, 0) is 49.8 Å². The van der Waals surface area contributed by atoms with E-state index in [1.54, 1.807) is 32.2 Å².